The van der Waals surface area contributed by atoms with Crippen LogP contribution in [0.2, 0.25) is 0 Å². The van der Waals surface area contributed by atoms with Crippen LogP contribution < -0.4 is 14.8 Å². The van der Waals surface area contributed by atoms with Crippen molar-refractivity contribution in [1.29, 1.82) is 0 Å². The predicted molar refractivity (Wildman–Crippen MR) is 128 cm³/mol. The lowest BCUT2D eigenvalue weighted by atomic mass is 9.90. The molecule has 8 heteroatoms. The molecule has 32 heavy (non-hydrogen) atoms. The van der Waals surface area contributed by atoms with Crippen LogP contribution in [0.25, 0.3) is 0 Å². The van der Waals surface area contributed by atoms with Crippen LogP contribution in [0.4, 0.5) is 5.69 Å². The Bertz CT molecular complexity index is 920. The third kappa shape index (κ3) is 5.03. The Morgan fingerprint density at radius 2 is 1.38 bits per heavy atom. The summed E-state index contributed by atoms with van der Waals surface area (Å²) in [5, 5.41) is 2.98. The summed E-state index contributed by atoms with van der Waals surface area (Å²) in [7, 11) is 0. The van der Waals surface area contributed by atoms with Gasteiger partial charge in [-0.1, -0.05) is 12.1 Å². The van der Waals surface area contributed by atoms with Gasteiger partial charge in [-0.3, -0.25) is 4.79 Å². The molecule has 2 aromatic rings. The Morgan fingerprint density at radius 1 is 0.875 bits per heavy atom. The molecule has 3 aliphatic rings. The highest BCUT2D eigenvalue weighted by molar-refractivity contribution is 8.01. The van der Waals surface area contributed by atoms with Crippen LogP contribution in [0, 0.1) is 5.41 Å². The maximum atomic E-state index is 12.9. The van der Waals surface area contributed by atoms with Crippen LogP contribution in [-0.4, -0.2) is 54.3 Å². The van der Waals surface area contributed by atoms with Crippen molar-refractivity contribution >= 4 is 35.1 Å². The molecule has 2 aromatic carbocycles. The van der Waals surface area contributed by atoms with Crippen molar-refractivity contribution in [2.75, 3.05) is 41.5 Å². The van der Waals surface area contributed by atoms with Crippen LogP contribution in [0.1, 0.15) is 18.8 Å². The highest BCUT2D eigenvalue weighted by Gasteiger charge is 2.40. The summed E-state index contributed by atoms with van der Waals surface area (Å²) in [5.41, 5.74) is 0.886. The fourth-order valence-corrected chi connectivity index (χ4v) is 4.61. The fourth-order valence-electron chi connectivity index (χ4n) is 3.48. The Balaban J connectivity index is 1.12. The minimum Gasteiger partial charge on any atom is -0.489 e. The summed E-state index contributed by atoms with van der Waals surface area (Å²) in [6.07, 6.45) is 0.137. The number of nitrogens with one attached hydrogen (secondary N) is 1. The largest absolute Gasteiger partial charge is 0.489 e. The van der Waals surface area contributed by atoms with E-state index in [0.717, 1.165) is 45.8 Å². The number of carbonyl (C=O) groups is 1. The average Bonchev–Trinajstić information content (AvgIpc) is 2.75. The van der Waals surface area contributed by atoms with Gasteiger partial charge in [0.05, 0.1) is 18.6 Å². The average molecular weight is 474 g/mol. The smallest absolute Gasteiger partial charge is 0.234 e. The SMILES string of the molecule is CC1(C(=O)Nc2ccc(OC3CSC3)cc2)COC(c2ccc(OC3CSC3)cc2)OC1. The maximum absolute atomic E-state index is 12.9. The molecule has 1 N–H and O–H groups in total. The quantitative estimate of drug-likeness (QED) is 0.641. The molecule has 3 saturated heterocycles. The van der Waals surface area contributed by atoms with E-state index < -0.39 is 11.7 Å². The second-order valence-electron chi connectivity index (χ2n) is 8.62. The number of benzene rings is 2. The van der Waals surface area contributed by atoms with Crippen molar-refractivity contribution in [3.8, 4) is 11.5 Å². The summed E-state index contributed by atoms with van der Waals surface area (Å²) in [4.78, 5) is 12.9. The standard InChI is InChI=1S/C24H27NO5S2/c1-24(23(26)25-17-4-8-19(9-5-17)30-21-12-32-13-21)14-27-22(28-15-24)16-2-6-18(7-3-16)29-20-10-31-11-20/h2-9,20-22H,10-15H2,1H3,(H,25,26). The van der Waals surface area contributed by atoms with E-state index >= 15 is 0 Å². The molecule has 3 heterocycles. The number of anilines is 1. The van der Waals surface area contributed by atoms with Crippen molar-refractivity contribution in [2.45, 2.75) is 25.4 Å². The molecule has 170 valence electrons. The van der Waals surface area contributed by atoms with Crippen molar-refractivity contribution in [2.24, 2.45) is 5.41 Å². The number of rotatable bonds is 7. The summed E-state index contributed by atoms with van der Waals surface area (Å²) in [6, 6.07) is 15.3. The molecule has 0 atom stereocenters. The number of carbonyl (C=O) groups excluding carboxylic acids is 1. The van der Waals surface area contributed by atoms with E-state index in [1.165, 1.54) is 0 Å². The van der Waals surface area contributed by atoms with Gasteiger partial charge < -0.3 is 24.3 Å². The van der Waals surface area contributed by atoms with Crippen LogP contribution in [0.5, 0.6) is 11.5 Å². The van der Waals surface area contributed by atoms with Gasteiger partial charge in [-0.05, 0) is 43.3 Å². The number of hydrogen-bond donors (Lipinski definition) is 1. The zero-order valence-electron chi connectivity index (χ0n) is 18.0. The monoisotopic (exact) mass is 473 g/mol. The topological polar surface area (TPSA) is 66.0 Å². The van der Waals surface area contributed by atoms with Gasteiger partial charge in [0.25, 0.3) is 0 Å². The van der Waals surface area contributed by atoms with E-state index in [1.54, 1.807) is 0 Å². The predicted octanol–water partition coefficient (Wildman–Crippen LogP) is 4.37. The lowest BCUT2D eigenvalue weighted by Gasteiger charge is -2.36. The molecule has 1 amide bonds. The number of thioether (sulfide) groups is 2. The molecular formula is C24H27NO5S2. The fraction of sp³-hybridized carbons (Fsp3) is 0.458. The van der Waals surface area contributed by atoms with Gasteiger partial charge in [-0.25, -0.2) is 0 Å². The minimum absolute atomic E-state index is 0.123. The maximum Gasteiger partial charge on any atom is 0.234 e. The molecule has 0 unspecified atom stereocenters. The molecule has 6 nitrogen and oxygen atoms in total. The van der Waals surface area contributed by atoms with Gasteiger partial charge >= 0.3 is 0 Å². The van der Waals surface area contributed by atoms with E-state index in [4.69, 9.17) is 18.9 Å². The number of amides is 1. The third-order valence-electron chi connectivity index (χ3n) is 5.74. The van der Waals surface area contributed by atoms with Gasteiger partial charge in [0.2, 0.25) is 5.91 Å². The van der Waals surface area contributed by atoms with E-state index in [-0.39, 0.29) is 19.1 Å². The zero-order valence-corrected chi connectivity index (χ0v) is 19.6. The molecule has 3 fully saturated rings. The normalized spacial score (nSPS) is 26.0. The van der Waals surface area contributed by atoms with E-state index in [0.29, 0.717) is 12.2 Å². The Hall–Kier alpha value is -1.87. The van der Waals surface area contributed by atoms with Crippen molar-refractivity contribution in [3.63, 3.8) is 0 Å². The van der Waals surface area contributed by atoms with Gasteiger partial charge in [0.15, 0.2) is 6.29 Å². The highest BCUT2D eigenvalue weighted by atomic mass is 32.2. The Kier molecular flexibility index (Phi) is 6.55. The first kappa shape index (κ1) is 21.9. The van der Waals surface area contributed by atoms with Gasteiger partial charge in [-0.15, -0.1) is 0 Å². The molecule has 5 rings (SSSR count). The van der Waals surface area contributed by atoms with Crippen LogP contribution in [-0.2, 0) is 14.3 Å². The van der Waals surface area contributed by atoms with Crippen LogP contribution in [0.15, 0.2) is 48.5 Å². The molecule has 0 aliphatic carbocycles. The number of hydrogen-bond acceptors (Lipinski definition) is 7. The van der Waals surface area contributed by atoms with Gasteiger partial charge in [0, 0.05) is 34.3 Å². The van der Waals surface area contributed by atoms with Crippen molar-refractivity contribution in [3.05, 3.63) is 54.1 Å². The number of ether oxygens (including phenoxy) is 4. The molecule has 0 saturated carbocycles. The summed E-state index contributed by atoms with van der Waals surface area (Å²) in [6.45, 7) is 2.42. The molecule has 0 radical (unpaired) electrons. The Morgan fingerprint density at radius 3 is 1.84 bits per heavy atom. The van der Waals surface area contributed by atoms with Crippen LogP contribution in [0.3, 0.4) is 0 Å². The first-order valence-corrected chi connectivity index (χ1v) is 13.1. The second kappa shape index (κ2) is 9.55. The lowest BCUT2D eigenvalue weighted by molar-refractivity contribution is -0.226. The lowest BCUT2D eigenvalue weighted by Crippen LogP contribution is -2.45. The Labute approximate surface area is 196 Å². The molecular weight excluding hydrogens is 446 g/mol. The molecule has 0 aromatic heterocycles. The van der Waals surface area contributed by atoms with Crippen molar-refractivity contribution in [1.82, 2.24) is 0 Å². The van der Waals surface area contributed by atoms with Gasteiger partial charge in [0.1, 0.15) is 23.7 Å². The first-order valence-electron chi connectivity index (χ1n) is 10.8. The summed E-state index contributed by atoms with van der Waals surface area (Å²) < 4.78 is 23.6. The van der Waals surface area contributed by atoms with E-state index in [9.17, 15) is 4.79 Å². The van der Waals surface area contributed by atoms with Crippen LogP contribution >= 0.6 is 23.5 Å². The summed E-state index contributed by atoms with van der Waals surface area (Å²) >= 11 is 3.78. The second-order valence-corrected chi connectivity index (χ2v) is 10.8. The minimum atomic E-state index is -0.764. The van der Waals surface area contributed by atoms with Gasteiger partial charge in [-0.2, -0.15) is 23.5 Å². The third-order valence-corrected chi connectivity index (χ3v) is 8.17. The van der Waals surface area contributed by atoms with Crippen molar-refractivity contribution < 1.29 is 23.7 Å². The zero-order chi connectivity index (χ0) is 22.0. The van der Waals surface area contributed by atoms with E-state index in [1.807, 2.05) is 79.0 Å². The molecule has 3 aliphatic heterocycles. The van der Waals surface area contributed by atoms with E-state index in [2.05, 4.69) is 5.32 Å². The highest BCUT2D eigenvalue weighted by Crippen LogP contribution is 2.34. The molecule has 0 spiro atoms. The first-order chi connectivity index (χ1) is 15.6. The molecule has 0 bridgehead atoms. The summed E-state index contributed by atoms with van der Waals surface area (Å²) in [5.74, 6) is 5.74.